The van der Waals surface area contributed by atoms with Gasteiger partial charge >= 0.3 is 6.16 Å². The van der Waals surface area contributed by atoms with Crippen molar-refractivity contribution in [3.05, 3.63) is 59.9 Å². The average molecular weight is 411 g/mol. The minimum Gasteiger partial charge on any atom is -0.434 e. The first-order valence-electron chi connectivity index (χ1n) is 9.99. The van der Waals surface area contributed by atoms with Gasteiger partial charge in [-0.15, -0.1) is 0 Å². The number of hydrogen-bond acceptors (Lipinski definition) is 6. The van der Waals surface area contributed by atoms with Crippen molar-refractivity contribution in [2.75, 3.05) is 26.2 Å². The molecule has 0 radical (unpaired) electrons. The maximum absolute atomic E-state index is 12.7. The molecule has 30 heavy (non-hydrogen) atoms. The Hall–Kier alpha value is -3.42. The van der Waals surface area contributed by atoms with Crippen LogP contribution < -0.4 is 10.1 Å². The molecule has 8 heteroatoms. The predicted octanol–water partition coefficient (Wildman–Crippen LogP) is 2.90. The van der Waals surface area contributed by atoms with Gasteiger partial charge < -0.3 is 19.7 Å². The number of hydrogen-bond donors (Lipinski definition) is 1. The van der Waals surface area contributed by atoms with E-state index in [0.717, 1.165) is 12.8 Å². The molecule has 0 saturated carbocycles. The van der Waals surface area contributed by atoms with Crippen molar-refractivity contribution >= 4 is 18.0 Å². The van der Waals surface area contributed by atoms with Crippen LogP contribution >= 0.6 is 0 Å². The molecule has 0 atom stereocenters. The maximum atomic E-state index is 12.7. The smallest absolute Gasteiger partial charge is 0.434 e. The van der Waals surface area contributed by atoms with Gasteiger partial charge in [0.2, 0.25) is 0 Å². The summed E-state index contributed by atoms with van der Waals surface area (Å²) in [5.74, 6) is 0.463. The number of pyridine rings is 1. The highest BCUT2D eigenvalue weighted by Gasteiger charge is 2.24. The first-order valence-corrected chi connectivity index (χ1v) is 9.99. The lowest BCUT2D eigenvalue weighted by molar-refractivity contribution is 0.0684. The summed E-state index contributed by atoms with van der Waals surface area (Å²) in [4.78, 5) is 41.9. The number of ether oxygens (including phenoxy) is 2. The second kappa shape index (κ2) is 10.4. The Morgan fingerprint density at radius 1 is 1.10 bits per heavy atom. The summed E-state index contributed by atoms with van der Waals surface area (Å²) >= 11 is 0. The van der Waals surface area contributed by atoms with Gasteiger partial charge in [-0.05, 0) is 62.1 Å². The Kier molecular flexibility index (Phi) is 7.37. The molecule has 0 aliphatic carbocycles. The van der Waals surface area contributed by atoms with E-state index >= 15 is 0 Å². The van der Waals surface area contributed by atoms with Crippen molar-refractivity contribution in [3.8, 4) is 5.75 Å². The van der Waals surface area contributed by atoms with Gasteiger partial charge in [0, 0.05) is 37.6 Å². The molecule has 3 rings (SSSR count). The van der Waals surface area contributed by atoms with E-state index in [1.807, 2.05) is 0 Å². The van der Waals surface area contributed by atoms with Crippen LogP contribution in [0.5, 0.6) is 5.75 Å². The summed E-state index contributed by atoms with van der Waals surface area (Å²) in [7, 11) is 0. The second-order valence-corrected chi connectivity index (χ2v) is 7.00. The molecule has 8 nitrogen and oxygen atoms in total. The molecule has 1 N–H and O–H groups in total. The minimum absolute atomic E-state index is 0.0597. The van der Waals surface area contributed by atoms with E-state index in [9.17, 15) is 14.4 Å². The molecular formula is C22H25N3O5. The van der Waals surface area contributed by atoms with E-state index in [1.54, 1.807) is 60.6 Å². The molecule has 2 heterocycles. The number of carbonyl (C=O) groups is 3. The molecule has 1 saturated heterocycles. The highest BCUT2D eigenvalue weighted by molar-refractivity contribution is 5.94. The summed E-state index contributed by atoms with van der Waals surface area (Å²) in [6.07, 6.45) is 4.05. The molecule has 0 spiro atoms. The Morgan fingerprint density at radius 2 is 1.83 bits per heavy atom. The predicted molar refractivity (Wildman–Crippen MR) is 109 cm³/mol. The largest absolute Gasteiger partial charge is 0.513 e. The van der Waals surface area contributed by atoms with Crippen molar-refractivity contribution in [2.45, 2.75) is 19.8 Å². The lowest BCUT2D eigenvalue weighted by Gasteiger charge is -2.32. The zero-order valence-electron chi connectivity index (χ0n) is 16.9. The molecule has 1 aromatic heterocycles. The first kappa shape index (κ1) is 21.3. The van der Waals surface area contributed by atoms with Crippen LogP contribution in [0.4, 0.5) is 4.79 Å². The van der Waals surface area contributed by atoms with Crippen LogP contribution in [0.2, 0.25) is 0 Å². The van der Waals surface area contributed by atoms with Gasteiger partial charge in [-0.1, -0.05) is 0 Å². The topological polar surface area (TPSA) is 97.8 Å². The molecule has 0 bridgehead atoms. The number of benzene rings is 1. The lowest BCUT2D eigenvalue weighted by Crippen LogP contribution is -2.41. The van der Waals surface area contributed by atoms with Gasteiger partial charge in [0.25, 0.3) is 11.8 Å². The molecule has 1 aliphatic heterocycles. The van der Waals surface area contributed by atoms with Gasteiger partial charge in [0.15, 0.2) is 0 Å². The zero-order chi connectivity index (χ0) is 21.3. The van der Waals surface area contributed by atoms with Gasteiger partial charge in [0.1, 0.15) is 5.75 Å². The summed E-state index contributed by atoms with van der Waals surface area (Å²) in [5.41, 5.74) is 1.08. The van der Waals surface area contributed by atoms with Gasteiger partial charge in [-0.25, -0.2) is 4.79 Å². The summed E-state index contributed by atoms with van der Waals surface area (Å²) in [6.45, 7) is 3.77. The van der Waals surface area contributed by atoms with E-state index < -0.39 is 6.16 Å². The average Bonchev–Trinajstić information content (AvgIpc) is 2.78. The number of piperidine rings is 1. The standard InChI is InChI=1S/C22H25N3O5/c1-2-29-22(28)30-19-7-5-17(6-8-19)21(27)25-12-9-16(10-13-25)14-24-20(26)18-4-3-11-23-15-18/h3-8,11,15-16H,2,9-10,12-14H2,1H3,(H,24,26). The molecule has 1 aliphatic rings. The molecule has 2 amide bonds. The lowest BCUT2D eigenvalue weighted by atomic mass is 9.96. The quantitative estimate of drug-likeness (QED) is 0.580. The SMILES string of the molecule is CCOC(=O)Oc1ccc(C(=O)N2CCC(CNC(=O)c3cccnc3)CC2)cc1. The van der Waals surface area contributed by atoms with Crippen LogP contribution in [0.1, 0.15) is 40.5 Å². The fraction of sp³-hybridized carbons (Fsp3) is 0.364. The van der Waals surface area contributed by atoms with E-state index in [2.05, 4.69) is 10.3 Å². The molecule has 1 fully saturated rings. The Bertz CT molecular complexity index is 862. The van der Waals surface area contributed by atoms with Crippen molar-refractivity contribution < 1.29 is 23.9 Å². The molecule has 2 aromatic rings. The summed E-state index contributed by atoms with van der Waals surface area (Å²) in [5, 5.41) is 2.94. The van der Waals surface area contributed by atoms with E-state index in [-0.39, 0.29) is 18.4 Å². The zero-order valence-corrected chi connectivity index (χ0v) is 16.9. The summed E-state index contributed by atoms with van der Waals surface area (Å²) in [6, 6.07) is 9.88. The van der Waals surface area contributed by atoms with Gasteiger partial charge in [0.05, 0.1) is 12.2 Å². The van der Waals surface area contributed by atoms with E-state index in [4.69, 9.17) is 9.47 Å². The second-order valence-electron chi connectivity index (χ2n) is 7.00. The van der Waals surface area contributed by atoms with E-state index in [0.29, 0.717) is 42.4 Å². The highest BCUT2D eigenvalue weighted by Crippen LogP contribution is 2.20. The van der Waals surface area contributed by atoms with Gasteiger partial charge in [-0.2, -0.15) is 0 Å². The monoisotopic (exact) mass is 411 g/mol. The van der Waals surface area contributed by atoms with Crippen LogP contribution in [0.3, 0.4) is 0 Å². The van der Waals surface area contributed by atoms with Crippen LogP contribution in [0, 0.1) is 5.92 Å². The molecule has 0 unspecified atom stereocenters. The number of amides is 2. The van der Waals surface area contributed by atoms with Gasteiger partial charge in [-0.3, -0.25) is 14.6 Å². The Morgan fingerprint density at radius 3 is 2.47 bits per heavy atom. The number of nitrogens with zero attached hydrogens (tertiary/aromatic N) is 2. The third-order valence-corrected chi connectivity index (χ3v) is 4.94. The number of likely N-dealkylation sites (tertiary alicyclic amines) is 1. The Labute approximate surface area is 175 Å². The highest BCUT2D eigenvalue weighted by atomic mass is 16.7. The molecular weight excluding hydrogens is 386 g/mol. The number of aromatic nitrogens is 1. The number of rotatable bonds is 6. The summed E-state index contributed by atoms with van der Waals surface area (Å²) < 4.78 is 9.73. The van der Waals surface area contributed by atoms with Crippen LogP contribution in [0.25, 0.3) is 0 Å². The molecule has 158 valence electrons. The third-order valence-electron chi connectivity index (χ3n) is 4.94. The maximum Gasteiger partial charge on any atom is 0.513 e. The van der Waals surface area contributed by atoms with Crippen LogP contribution in [-0.2, 0) is 4.74 Å². The fourth-order valence-corrected chi connectivity index (χ4v) is 3.27. The number of carbonyl (C=O) groups excluding carboxylic acids is 3. The molecule has 1 aromatic carbocycles. The van der Waals surface area contributed by atoms with E-state index in [1.165, 1.54) is 0 Å². The fourth-order valence-electron chi connectivity index (χ4n) is 3.27. The van der Waals surface area contributed by atoms with Crippen LogP contribution in [0.15, 0.2) is 48.8 Å². The van der Waals surface area contributed by atoms with Crippen molar-refractivity contribution in [3.63, 3.8) is 0 Å². The van der Waals surface area contributed by atoms with Crippen LogP contribution in [-0.4, -0.2) is 54.1 Å². The van der Waals surface area contributed by atoms with Crippen molar-refractivity contribution in [1.29, 1.82) is 0 Å². The number of nitrogens with one attached hydrogen (secondary N) is 1. The van der Waals surface area contributed by atoms with Crippen molar-refractivity contribution in [1.82, 2.24) is 15.2 Å². The third kappa shape index (κ3) is 5.79. The first-order chi connectivity index (χ1) is 14.6. The minimum atomic E-state index is -0.769. The Balaban J connectivity index is 1.44. The normalized spacial score (nSPS) is 14.1. The van der Waals surface area contributed by atoms with Crippen molar-refractivity contribution in [2.24, 2.45) is 5.92 Å².